The summed E-state index contributed by atoms with van der Waals surface area (Å²) in [5.74, 6) is -3.58. The third kappa shape index (κ3) is 7.56. The van der Waals surface area contributed by atoms with Crippen LogP contribution < -0.4 is 9.62 Å². The molecule has 0 amide bonds. The molecule has 0 bridgehead atoms. The fourth-order valence-corrected chi connectivity index (χ4v) is 5.76. The predicted molar refractivity (Wildman–Crippen MR) is 137 cm³/mol. The lowest BCUT2D eigenvalue weighted by Gasteiger charge is -2.28. The maximum Gasteiger partial charge on any atom is 0.490 e. The van der Waals surface area contributed by atoms with Crippen molar-refractivity contribution in [1.82, 2.24) is 9.88 Å². The molecule has 15 heteroatoms. The monoisotopic (exact) mass is 594 g/mol. The van der Waals surface area contributed by atoms with Gasteiger partial charge in [-0.05, 0) is 24.1 Å². The average Bonchev–Trinajstić information content (AvgIpc) is 3.52. The Morgan fingerprint density at radius 2 is 1.92 bits per heavy atom. The zero-order valence-electron chi connectivity index (χ0n) is 19.8. The van der Waals surface area contributed by atoms with Gasteiger partial charge in [0.2, 0.25) is 0 Å². The number of carbonyl (C=O) groups is 1. The fraction of sp³-hybridized carbons (Fsp3) is 0.304. The van der Waals surface area contributed by atoms with Crippen molar-refractivity contribution in [3.63, 3.8) is 0 Å². The number of anilines is 2. The smallest absolute Gasteiger partial charge is 0.475 e. The fourth-order valence-electron chi connectivity index (χ4n) is 3.77. The number of nitrogens with one attached hydrogen (secondary N) is 1. The number of aliphatic carboxylic acids is 1. The third-order valence-electron chi connectivity index (χ3n) is 5.65. The topological polar surface area (TPSA) is 103 Å². The number of carboxylic acids is 1. The van der Waals surface area contributed by atoms with E-state index in [1.807, 2.05) is 30.1 Å². The van der Waals surface area contributed by atoms with Gasteiger partial charge in [-0.25, -0.2) is 22.6 Å². The van der Waals surface area contributed by atoms with E-state index in [0.29, 0.717) is 5.69 Å². The van der Waals surface area contributed by atoms with Crippen molar-refractivity contribution < 1.29 is 35.9 Å². The van der Waals surface area contributed by atoms with Crippen LogP contribution in [-0.2, 0) is 21.4 Å². The van der Waals surface area contributed by atoms with Gasteiger partial charge >= 0.3 is 12.1 Å². The van der Waals surface area contributed by atoms with Gasteiger partial charge in [-0.1, -0.05) is 41.9 Å². The second-order valence-corrected chi connectivity index (χ2v) is 11.0. The van der Waals surface area contributed by atoms with Crippen LogP contribution in [0.3, 0.4) is 0 Å². The number of nitrogens with zero attached hydrogens (tertiary/aromatic N) is 3. The SMILES string of the molecule is CN(c1ccc(S(=O)(=O)Nc2cscn2)c(F)c1Cl)C1CCN(Cc2ccccc2)C1.O=C(O)C(F)(F)F. The Labute approximate surface area is 225 Å². The van der Waals surface area contributed by atoms with E-state index < -0.39 is 32.9 Å². The Balaban J connectivity index is 0.000000505. The molecule has 206 valence electrons. The summed E-state index contributed by atoms with van der Waals surface area (Å²) in [7, 11) is -2.27. The summed E-state index contributed by atoms with van der Waals surface area (Å²) in [6, 6.07) is 13.2. The third-order valence-corrected chi connectivity index (χ3v) is 7.97. The first-order valence-corrected chi connectivity index (χ1v) is 13.8. The number of carboxylic acid groups (broad SMARTS) is 1. The number of benzene rings is 2. The van der Waals surface area contributed by atoms with E-state index in [0.717, 1.165) is 26.1 Å². The van der Waals surface area contributed by atoms with Crippen LogP contribution in [0.5, 0.6) is 0 Å². The lowest BCUT2D eigenvalue weighted by molar-refractivity contribution is -0.192. The normalized spacial score (nSPS) is 16.0. The molecule has 1 atom stereocenters. The van der Waals surface area contributed by atoms with E-state index in [9.17, 15) is 26.0 Å². The summed E-state index contributed by atoms with van der Waals surface area (Å²) < 4.78 is 74.1. The summed E-state index contributed by atoms with van der Waals surface area (Å²) in [6.07, 6.45) is -4.17. The Kier molecular flexibility index (Phi) is 9.57. The van der Waals surface area contributed by atoms with Gasteiger partial charge < -0.3 is 10.0 Å². The van der Waals surface area contributed by atoms with Gasteiger partial charge in [0, 0.05) is 38.1 Å². The molecule has 1 aromatic heterocycles. The summed E-state index contributed by atoms with van der Waals surface area (Å²) >= 11 is 7.52. The molecule has 1 fully saturated rings. The van der Waals surface area contributed by atoms with Crippen LogP contribution >= 0.6 is 22.9 Å². The van der Waals surface area contributed by atoms with Crippen molar-refractivity contribution in [1.29, 1.82) is 0 Å². The number of hydrogen-bond acceptors (Lipinski definition) is 7. The summed E-state index contributed by atoms with van der Waals surface area (Å²) in [4.78, 5) is 16.5. The van der Waals surface area contributed by atoms with Gasteiger partial charge in [0.1, 0.15) is 9.92 Å². The Hall–Kier alpha value is -2.94. The van der Waals surface area contributed by atoms with Crippen LogP contribution in [0.2, 0.25) is 5.02 Å². The first-order valence-electron chi connectivity index (χ1n) is 11.0. The minimum absolute atomic E-state index is 0.145. The number of likely N-dealkylation sites (tertiary alicyclic amines) is 1. The molecular weight excluding hydrogens is 572 g/mol. The molecule has 4 rings (SSSR count). The zero-order chi connectivity index (χ0) is 28.1. The van der Waals surface area contributed by atoms with Crippen LogP contribution in [0, 0.1) is 5.82 Å². The highest BCUT2D eigenvalue weighted by Crippen LogP contribution is 2.35. The van der Waals surface area contributed by atoms with Gasteiger partial charge in [-0.2, -0.15) is 13.2 Å². The van der Waals surface area contributed by atoms with Crippen LogP contribution in [0.25, 0.3) is 0 Å². The van der Waals surface area contributed by atoms with Crippen LogP contribution in [-0.4, -0.2) is 61.7 Å². The van der Waals surface area contributed by atoms with Gasteiger partial charge in [-0.3, -0.25) is 9.62 Å². The molecule has 0 aliphatic carbocycles. The van der Waals surface area contributed by atoms with Crippen molar-refractivity contribution in [2.24, 2.45) is 0 Å². The molecule has 1 saturated heterocycles. The number of aromatic nitrogens is 1. The number of thiazole rings is 1. The van der Waals surface area contributed by atoms with Crippen molar-refractivity contribution in [2.45, 2.75) is 30.1 Å². The van der Waals surface area contributed by atoms with Crippen LogP contribution in [0.15, 0.2) is 58.3 Å². The molecule has 1 aliphatic rings. The maximum absolute atomic E-state index is 15.0. The molecular formula is C23H23ClF4N4O4S2. The van der Waals surface area contributed by atoms with E-state index in [2.05, 4.69) is 26.7 Å². The maximum atomic E-state index is 15.0. The second kappa shape index (κ2) is 12.3. The highest BCUT2D eigenvalue weighted by Gasteiger charge is 2.38. The van der Waals surface area contributed by atoms with E-state index in [-0.39, 0.29) is 16.9 Å². The van der Waals surface area contributed by atoms with Gasteiger partial charge in [-0.15, -0.1) is 11.3 Å². The average molecular weight is 595 g/mol. The zero-order valence-corrected chi connectivity index (χ0v) is 22.2. The van der Waals surface area contributed by atoms with E-state index in [1.165, 1.54) is 33.9 Å². The molecule has 1 aliphatic heterocycles. The second-order valence-electron chi connectivity index (χ2n) is 8.27. The largest absolute Gasteiger partial charge is 0.490 e. The number of sulfonamides is 1. The Morgan fingerprint density at radius 1 is 1.26 bits per heavy atom. The van der Waals surface area contributed by atoms with Crippen molar-refractivity contribution in [3.05, 3.63) is 69.8 Å². The Bertz CT molecular complexity index is 1340. The van der Waals surface area contributed by atoms with Gasteiger partial charge in [0.25, 0.3) is 10.0 Å². The predicted octanol–water partition coefficient (Wildman–Crippen LogP) is 5.08. The standard InChI is InChI=1S/C21H22ClFN4O2S2.C2HF3O2/c1-26(16-9-10-27(12-16)11-15-5-3-2-4-6-15)17-7-8-18(21(23)20(17)22)31(28,29)25-19-13-30-14-24-19;3-2(4,5)1(6)7/h2-8,13-14,16,25H,9-12H2,1H3;(H,6,7). The Morgan fingerprint density at radius 3 is 2.50 bits per heavy atom. The first kappa shape index (κ1) is 29.6. The van der Waals surface area contributed by atoms with E-state index >= 15 is 0 Å². The van der Waals surface area contributed by atoms with Crippen molar-refractivity contribution >= 4 is 50.4 Å². The molecule has 2 N–H and O–H groups in total. The van der Waals surface area contributed by atoms with Crippen LogP contribution in [0.4, 0.5) is 29.1 Å². The highest BCUT2D eigenvalue weighted by atomic mass is 35.5. The lowest BCUT2D eigenvalue weighted by atomic mass is 10.2. The molecule has 2 aromatic carbocycles. The van der Waals surface area contributed by atoms with Gasteiger partial charge in [0.15, 0.2) is 11.6 Å². The summed E-state index contributed by atoms with van der Waals surface area (Å²) in [5, 5.41) is 8.45. The number of hydrogen-bond donors (Lipinski definition) is 2. The van der Waals surface area contributed by atoms with Crippen molar-refractivity contribution in [3.8, 4) is 0 Å². The molecule has 0 radical (unpaired) electrons. The number of likely N-dealkylation sites (N-methyl/N-ethyl adjacent to an activating group) is 1. The minimum Gasteiger partial charge on any atom is -0.475 e. The van der Waals surface area contributed by atoms with E-state index in [4.69, 9.17) is 21.5 Å². The number of alkyl halides is 3. The molecule has 8 nitrogen and oxygen atoms in total. The van der Waals surface area contributed by atoms with E-state index in [1.54, 1.807) is 6.07 Å². The molecule has 0 spiro atoms. The molecule has 2 heterocycles. The summed E-state index contributed by atoms with van der Waals surface area (Å²) in [6.45, 7) is 2.59. The lowest BCUT2D eigenvalue weighted by Crippen LogP contribution is -2.34. The molecule has 1 unspecified atom stereocenters. The number of rotatable bonds is 7. The number of halogens is 5. The van der Waals surface area contributed by atoms with Gasteiger partial charge in [0.05, 0.1) is 11.2 Å². The molecule has 38 heavy (non-hydrogen) atoms. The first-order chi connectivity index (χ1) is 17.8. The summed E-state index contributed by atoms with van der Waals surface area (Å²) in [5.41, 5.74) is 3.21. The van der Waals surface area contributed by atoms with Crippen molar-refractivity contribution in [2.75, 3.05) is 29.8 Å². The molecule has 3 aromatic rings. The quantitative estimate of drug-likeness (QED) is 0.368. The minimum atomic E-state index is -5.08. The molecule has 0 saturated carbocycles. The van der Waals surface area contributed by atoms with Crippen LogP contribution in [0.1, 0.15) is 12.0 Å². The highest BCUT2D eigenvalue weighted by molar-refractivity contribution is 7.92.